The second kappa shape index (κ2) is 2.83. The molecule has 1 aromatic heterocycles. The molecule has 0 spiro atoms. The number of fused-ring (bicyclic) bond motifs is 2. The minimum atomic E-state index is 1.28. The molecular weight excluding hydrogens is 158 g/mol. The first-order valence-electron chi connectivity index (χ1n) is 5.49. The SMILES string of the molecule is c1c2c([nH+]c3c1CCC3)CCCC2. The highest BCUT2D eigenvalue weighted by Gasteiger charge is 2.23. The van der Waals surface area contributed by atoms with Crippen LogP contribution in [0.3, 0.4) is 0 Å². The smallest absolute Gasteiger partial charge is 0.183 e. The van der Waals surface area contributed by atoms with E-state index in [4.69, 9.17) is 0 Å². The van der Waals surface area contributed by atoms with Crippen molar-refractivity contribution in [2.75, 3.05) is 0 Å². The maximum atomic E-state index is 3.65. The molecule has 0 radical (unpaired) electrons. The van der Waals surface area contributed by atoms with Crippen molar-refractivity contribution in [1.82, 2.24) is 0 Å². The second-order valence-corrected chi connectivity index (χ2v) is 4.34. The molecule has 0 saturated carbocycles. The van der Waals surface area contributed by atoms with Crippen molar-refractivity contribution >= 4 is 0 Å². The lowest BCUT2D eigenvalue weighted by Crippen LogP contribution is -2.22. The largest absolute Gasteiger partial charge is 0.212 e. The molecule has 2 aliphatic rings. The quantitative estimate of drug-likeness (QED) is 0.570. The Kier molecular flexibility index (Phi) is 1.64. The zero-order valence-corrected chi connectivity index (χ0v) is 8.03. The van der Waals surface area contributed by atoms with E-state index in [1.165, 1.54) is 56.3 Å². The molecule has 1 N–H and O–H groups in total. The maximum absolute atomic E-state index is 3.65. The van der Waals surface area contributed by atoms with Crippen LogP contribution in [0.2, 0.25) is 0 Å². The molecule has 0 aliphatic heterocycles. The summed E-state index contributed by atoms with van der Waals surface area (Å²) in [5, 5.41) is 0. The van der Waals surface area contributed by atoms with Crippen LogP contribution in [-0.4, -0.2) is 0 Å². The molecule has 0 unspecified atom stereocenters. The predicted octanol–water partition coefficient (Wildman–Crippen LogP) is 1.87. The molecule has 0 saturated heterocycles. The summed E-state index contributed by atoms with van der Waals surface area (Å²) >= 11 is 0. The Morgan fingerprint density at radius 3 is 2.23 bits per heavy atom. The Labute approximate surface area is 79.2 Å². The molecule has 13 heavy (non-hydrogen) atoms. The fraction of sp³-hybridized carbons (Fsp3) is 0.583. The number of nitrogens with one attached hydrogen (secondary N) is 1. The lowest BCUT2D eigenvalue weighted by Gasteiger charge is -2.11. The van der Waals surface area contributed by atoms with Crippen molar-refractivity contribution in [3.63, 3.8) is 0 Å². The minimum absolute atomic E-state index is 1.28. The molecule has 2 aliphatic carbocycles. The number of rotatable bonds is 0. The minimum Gasteiger partial charge on any atom is -0.212 e. The van der Waals surface area contributed by atoms with E-state index in [0.717, 1.165) is 0 Å². The standard InChI is InChI=1S/C12H15N/c1-2-6-11-9(4-1)8-10-5-3-7-12(10)13-11/h8H,1-7H2/p+1. The zero-order chi connectivity index (χ0) is 8.67. The molecule has 1 heteroatoms. The summed E-state index contributed by atoms with van der Waals surface area (Å²) in [6, 6.07) is 2.47. The highest BCUT2D eigenvalue weighted by atomic mass is 14.7. The van der Waals surface area contributed by atoms with E-state index in [2.05, 4.69) is 11.1 Å². The third-order valence-electron chi connectivity index (χ3n) is 3.42. The van der Waals surface area contributed by atoms with Crippen LogP contribution < -0.4 is 4.98 Å². The fourth-order valence-corrected chi connectivity index (χ4v) is 2.69. The Balaban J connectivity index is 2.11. The number of aryl methyl sites for hydroxylation is 4. The summed E-state index contributed by atoms with van der Waals surface area (Å²) in [4.78, 5) is 3.65. The van der Waals surface area contributed by atoms with Crippen molar-refractivity contribution in [3.05, 3.63) is 28.6 Å². The highest BCUT2D eigenvalue weighted by Crippen LogP contribution is 2.24. The molecule has 0 amide bonds. The van der Waals surface area contributed by atoms with E-state index < -0.39 is 0 Å². The molecule has 1 nitrogen and oxygen atoms in total. The summed E-state index contributed by atoms with van der Waals surface area (Å²) < 4.78 is 0. The van der Waals surface area contributed by atoms with Crippen molar-refractivity contribution in [3.8, 4) is 0 Å². The Bertz CT molecular complexity index is 308. The van der Waals surface area contributed by atoms with Gasteiger partial charge >= 0.3 is 0 Å². The van der Waals surface area contributed by atoms with Gasteiger partial charge in [-0.25, -0.2) is 4.98 Å². The van der Waals surface area contributed by atoms with E-state index >= 15 is 0 Å². The average molecular weight is 174 g/mol. The lowest BCUT2D eigenvalue weighted by atomic mass is 9.94. The number of hydrogen-bond acceptors (Lipinski definition) is 0. The number of aromatic nitrogens is 1. The third kappa shape index (κ3) is 1.18. The second-order valence-electron chi connectivity index (χ2n) is 4.34. The Hall–Kier alpha value is -0.850. The molecule has 3 rings (SSSR count). The molecule has 0 atom stereocenters. The van der Waals surface area contributed by atoms with E-state index in [9.17, 15) is 0 Å². The van der Waals surface area contributed by atoms with Gasteiger partial charge in [0.25, 0.3) is 0 Å². The maximum Gasteiger partial charge on any atom is 0.183 e. The first kappa shape index (κ1) is 7.54. The van der Waals surface area contributed by atoms with Crippen molar-refractivity contribution in [2.24, 2.45) is 0 Å². The van der Waals surface area contributed by atoms with Gasteiger partial charge in [-0.05, 0) is 38.2 Å². The summed E-state index contributed by atoms with van der Waals surface area (Å²) in [7, 11) is 0. The first-order chi connectivity index (χ1) is 6.43. The molecule has 68 valence electrons. The van der Waals surface area contributed by atoms with Gasteiger partial charge in [0, 0.05) is 24.0 Å². The zero-order valence-electron chi connectivity index (χ0n) is 8.03. The normalized spacial score (nSPS) is 19.7. The number of pyridine rings is 1. The van der Waals surface area contributed by atoms with Gasteiger partial charge in [-0.1, -0.05) is 0 Å². The highest BCUT2D eigenvalue weighted by molar-refractivity contribution is 5.29. The van der Waals surface area contributed by atoms with Gasteiger partial charge in [-0.3, -0.25) is 0 Å². The fourth-order valence-electron chi connectivity index (χ4n) is 2.69. The lowest BCUT2D eigenvalue weighted by molar-refractivity contribution is -0.403. The van der Waals surface area contributed by atoms with Crippen LogP contribution in [0.15, 0.2) is 6.07 Å². The number of H-pyrrole nitrogens is 1. The van der Waals surface area contributed by atoms with Crippen molar-refractivity contribution < 1.29 is 4.98 Å². The molecule has 1 aromatic rings. The van der Waals surface area contributed by atoms with E-state index in [-0.39, 0.29) is 0 Å². The van der Waals surface area contributed by atoms with Crippen LogP contribution in [0, 0.1) is 0 Å². The molecular formula is C12H16N+. The Morgan fingerprint density at radius 1 is 0.769 bits per heavy atom. The summed E-state index contributed by atoms with van der Waals surface area (Å²) in [6.07, 6.45) is 9.29. The molecule has 0 bridgehead atoms. The van der Waals surface area contributed by atoms with Crippen LogP contribution >= 0.6 is 0 Å². The monoisotopic (exact) mass is 174 g/mol. The molecule has 0 fully saturated rings. The predicted molar refractivity (Wildman–Crippen MR) is 51.7 cm³/mol. The van der Waals surface area contributed by atoms with Crippen LogP contribution in [0.1, 0.15) is 41.8 Å². The summed E-state index contributed by atoms with van der Waals surface area (Å²) in [5.41, 5.74) is 6.26. The average Bonchev–Trinajstić information content (AvgIpc) is 2.61. The topological polar surface area (TPSA) is 14.1 Å². The summed E-state index contributed by atoms with van der Waals surface area (Å²) in [5.74, 6) is 0. The van der Waals surface area contributed by atoms with Gasteiger partial charge in [-0.2, -0.15) is 0 Å². The van der Waals surface area contributed by atoms with Gasteiger partial charge in [0.1, 0.15) is 0 Å². The van der Waals surface area contributed by atoms with Gasteiger partial charge in [0.15, 0.2) is 11.4 Å². The first-order valence-corrected chi connectivity index (χ1v) is 5.49. The van der Waals surface area contributed by atoms with Gasteiger partial charge < -0.3 is 0 Å². The van der Waals surface area contributed by atoms with E-state index in [0.29, 0.717) is 0 Å². The van der Waals surface area contributed by atoms with Crippen molar-refractivity contribution in [1.29, 1.82) is 0 Å². The third-order valence-corrected chi connectivity index (χ3v) is 3.42. The molecule has 1 heterocycles. The molecule has 0 aromatic carbocycles. The van der Waals surface area contributed by atoms with Gasteiger partial charge in [0.2, 0.25) is 0 Å². The van der Waals surface area contributed by atoms with Crippen LogP contribution in [0.4, 0.5) is 0 Å². The van der Waals surface area contributed by atoms with E-state index in [1.807, 2.05) is 0 Å². The number of hydrogen-bond donors (Lipinski definition) is 0. The van der Waals surface area contributed by atoms with Crippen molar-refractivity contribution in [2.45, 2.75) is 44.9 Å². The van der Waals surface area contributed by atoms with Gasteiger partial charge in [-0.15, -0.1) is 0 Å². The van der Waals surface area contributed by atoms with Crippen LogP contribution in [-0.2, 0) is 25.7 Å². The van der Waals surface area contributed by atoms with Gasteiger partial charge in [0.05, 0.1) is 0 Å². The van der Waals surface area contributed by atoms with E-state index in [1.54, 1.807) is 11.1 Å². The Morgan fingerprint density at radius 2 is 1.38 bits per heavy atom. The number of aromatic amines is 1. The van der Waals surface area contributed by atoms with Crippen LogP contribution in [0.25, 0.3) is 0 Å². The van der Waals surface area contributed by atoms with Crippen LogP contribution in [0.5, 0.6) is 0 Å². The summed E-state index contributed by atoms with van der Waals surface area (Å²) in [6.45, 7) is 0.